The molecule has 1 aliphatic rings. The molecule has 6 rings (SSSR count). The lowest BCUT2D eigenvalue weighted by atomic mass is 10.0. The zero-order valence-corrected chi connectivity index (χ0v) is 20.4. The van der Waals surface area contributed by atoms with E-state index in [0.29, 0.717) is 23.0 Å². The van der Waals surface area contributed by atoms with Gasteiger partial charge in [0.1, 0.15) is 34.1 Å². The zero-order valence-electron chi connectivity index (χ0n) is 20.4. The van der Waals surface area contributed by atoms with Gasteiger partial charge in [-0.15, -0.1) is 0 Å². The van der Waals surface area contributed by atoms with E-state index in [4.69, 9.17) is 23.7 Å². The molecule has 0 fully saturated rings. The lowest BCUT2D eigenvalue weighted by Crippen LogP contribution is -2.05. The number of ether oxygens (including phenoxy) is 5. The molecule has 1 heterocycles. The lowest BCUT2D eigenvalue weighted by molar-refractivity contribution is 0.0442. The lowest BCUT2D eigenvalue weighted by Gasteiger charge is -2.21. The van der Waals surface area contributed by atoms with Crippen molar-refractivity contribution in [1.29, 1.82) is 0 Å². The van der Waals surface area contributed by atoms with Crippen LogP contribution in [0.25, 0.3) is 0 Å². The topological polar surface area (TPSA) is 80.3 Å². The van der Waals surface area contributed by atoms with E-state index < -0.39 is 11.9 Å². The van der Waals surface area contributed by atoms with E-state index in [2.05, 4.69) is 0 Å². The number of fused-ring (bicyclic) bond motifs is 1. The molecule has 190 valence electrons. The monoisotopic (exact) mass is 516 g/mol. The maximum atomic E-state index is 13.1. The molecule has 7 nitrogen and oxygen atoms in total. The summed E-state index contributed by atoms with van der Waals surface area (Å²) < 4.78 is 30.1. The van der Waals surface area contributed by atoms with Crippen molar-refractivity contribution in [2.75, 3.05) is 0 Å². The van der Waals surface area contributed by atoms with E-state index in [0.717, 1.165) is 0 Å². The molecule has 0 unspecified atom stereocenters. The van der Waals surface area contributed by atoms with Gasteiger partial charge >= 0.3 is 11.9 Å². The highest BCUT2D eigenvalue weighted by Gasteiger charge is 2.43. The summed E-state index contributed by atoms with van der Waals surface area (Å²) in [5, 5.41) is 0. The van der Waals surface area contributed by atoms with E-state index in [9.17, 15) is 9.59 Å². The molecule has 0 spiro atoms. The Labute approximate surface area is 223 Å². The first kappa shape index (κ1) is 23.8. The number of benzene rings is 5. The quantitative estimate of drug-likeness (QED) is 0.152. The summed E-state index contributed by atoms with van der Waals surface area (Å²) in [5.74, 6) is -0.0847. The summed E-state index contributed by atoms with van der Waals surface area (Å²) in [5.41, 5.74) is -0.248. The minimum absolute atomic E-state index is 0.0326. The molecule has 39 heavy (non-hydrogen) atoms. The third-order valence-electron chi connectivity index (χ3n) is 5.77. The molecule has 7 heteroatoms. The van der Waals surface area contributed by atoms with Crippen LogP contribution in [-0.4, -0.2) is 11.9 Å². The fraction of sp³-hybridized carbons (Fsp3) is 0. The molecule has 5 aromatic carbocycles. The van der Waals surface area contributed by atoms with Gasteiger partial charge in [-0.2, -0.15) is 0 Å². The minimum atomic E-state index is -0.886. The van der Waals surface area contributed by atoms with Gasteiger partial charge in [-0.25, -0.2) is 9.59 Å². The average Bonchev–Trinajstić information content (AvgIpc) is 3.27. The van der Waals surface area contributed by atoms with Crippen molar-refractivity contribution in [2.45, 2.75) is 0 Å². The third-order valence-corrected chi connectivity index (χ3v) is 5.77. The molecule has 0 aromatic heterocycles. The molecule has 0 saturated carbocycles. The van der Waals surface area contributed by atoms with Gasteiger partial charge in [0.25, 0.3) is 0 Å². The van der Waals surface area contributed by atoms with Gasteiger partial charge in [0.05, 0.1) is 0 Å². The largest absolute Gasteiger partial charge is 0.452 e. The first-order valence-corrected chi connectivity index (χ1v) is 12.1. The number of hydrogen-bond acceptors (Lipinski definition) is 7. The molecule has 0 amide bonds. The molecule has 0 atom stereocenters. The van der Waals surface area contributed by atoms with Gasteiger partial charge in [0.2, 0.25) is 11.5 Å². The number of carbonyl (C=O) groups excluding carboxylic acids is 2. The fourth-order valence-corrected chi connectivity index (χ4v) is 4.04. The molecule has 0 radical (unpaired) electrons. The summed E-state index contributed by atoms with van der Waals surface area (Å²) >= 11 is 0. The van der Waals surface area contributed by atoms with Crippen LogP contribution >= 0.6 is 0 Å². The molecule has 5 aromatic rings. The first-order chi connectivity index (χ1) is 19.2. The maximum Gasteiger partial charge on any atom is 0.351 e. The van der Waals surface area contributed by atoms with Crippen LogP contribution in [-0.2, 0) is 4.74 Å². The SMILES string of the molecule is O=C1OC(=O)c2c(Oc3ccccc3)c(Oc3ccccc3)c(Oc3ccccc3)c(Oc3ccccc3)c21. The van der Waals surface area contributed by atoms with Crippen LogP contribution in [0.2, 0.25) is 0 Å². The summed E-state index contributed by atoms with van der Waals surface area (Å²) in [6, 6.07) is 35.5. The van der Waals surface area contributed by atoms with Crippen LogP contribution in [0.3, 0.4) is 0 Å². The summed E-state index contributed by atoms with van der Waals surface area (Å²) in [4.78, 5) is 26.2. The molecular formula is C32H20O7. The van der Waals surface area contributed by atoms with Crippen molar-refractivity contribution in [3.8, 4) is 46.0 Å². The Morgan fingerprint density at radius 2 is 0.615 bits per heavy atom. The molecule has 0 bridgehead atoms. The van der Waals surface area contributed by atoms with Gasteiger partial charge in [0.15, 0.2) is 11.5 Å². The average molecular weight is 517 g/mol. The van der Waals surface area contributed by atoms with E-state index in [1.165, 1.54) is 0 Å². The van der Waals surface area contributed by atoms with Gasteiger partial charge in [-0.3, -0.25) is 0 Å². The first-order valence-electron chi connectivity index (χ1n) is 12.1. The van der Waals surface area contributed by atoms with Crippen molar-refractivity contribution < 1.29 is 33.3 Å². The predicted octanol–water partition coefficient (Wildman–Crippen LogP) is 8.17. The molecule has 1 aliphatic heterocycles. The van der Waals surface area contributed by atoms with Gasteiger partial charge in [0, 0.05) is 0 Å². The Bertz CT molecular complexity index is 1510. The molecule has 0 N–H and O–H groups in total. The number of hydrogen-bond donors (Lipinski definition) is 0. The highest BCUT2D eigenvalue weighted by atomic mass is 16.6. The maximum absolute atomic E-state index is 13.1. The Morgan fingerprint density at radius 3 is 0.897 bits per heavy atom. The highest BCUT2D eigenvalue weighted by Crippen LogP contribution is 2.56. The van der Waals surface area contributed by atoms with Crippen molar-refractivity contribution in [1.82, 2.24) is 0 Å². The highest BCUT2D eigenvalue weighted by molar-refractivity contribution is 6.19. The zero-order chi connectivity index (χ0) is 26.6. The van der Waals surface area contributed by atoms with Crippen LogP contribution in [0.1, 0.15) is 20.7 Å². The van der Waals surface area contributed by atoms with Crippen LogP contribution in [0.4, 0.5) is 0 Å². The second kappa shape index (κ2) is 10.4. The van der Waals surface area contributed by atoms with Gasteiger partial charge < -0.3 is 23.7 Å². The van der Waals surface area contributed by atoms with Crippen LogP contribution in [0.15, 0.2) is 121 Å². The molecule has 0 saturated heterocycles. The van der Waals surface area contributed by atoms with Crippen molar-refractivity contribution in [3.05, 3.63) is 132 Å². The second-order valence-corrected chi connectivity index (χ2v) is 8.40. The number of cyclic esters (lactones) is 2. The van der Waals surface area contributed by atoms with Gasteiger partial charge in [-0.1, -0.05) is 72.8 Å². The molecule has 0 aliphatic carbocycles. The Kier molecular flexibility index (Phi) is 6.37. The Balaban J connectivity index is 1.65. The summed E-state index contributed by atoms with van der Waals surface area (Å²) in [7, 11) is 0. The predicted molar refractivity (Wildman–Crippen MR) is 142 cm³/mol. The normalized spacial score (nSPS) is 11.9. The Morgan fingerprint density at radius 1 is 0.359 bits per heavy atom. The van der Waals surface area contributed by atoms with Crippen LogP contribution in [0, 0.1) is 0 Å². The van der Waals surface area contributed by atoms with E-state index >= 15 is 0 Å². The van der Waals surface area contributed by atoms with E-state index in [1.807, 2.05) is 24.3 Å². The van der Waals surface area contributed by atoms with Crippen LogP contribution in [0.5, 0.6) is 46.0 Å². The standard InChI is InChI=1S/C32H20O7/c33-31-25-26(32(34)39-31)28(36-22-15-7-2-8-16-22)30(38-24-19-11-4-12-20-24)29(37-23-17-9-3-10-18-23)27(25)35-21-13-5-1-6-14-21/h1-20H. The number of carbonyl (C=O) groups is 2. The van der Waals surface area contributed by atoms with E-state index in [1.54, 1.807) is 97.1 Å². The molecular weight excluding hydrogens is 496 g/mol. The Hall–Kier alpha value is -5.56. The van der Waals surface area contributed by atoms with E-state index in [-0.39, 0.29) is 34.1 Å². The number of rotatable bonds is 8. The second-order valence-electron chi connectivity index (χ2n) is 8.40. The fourth-order valence-electron chi connectivity index (χ4n) is 4.04. The number of esters is 2. The van der Waals surface area contributed by atoms with Gasteiger partial charge in [-0.05, 0) is 48.5 Å². The smallest absolute Gasteiger partial charge is 0.351 e. The summed E-state index contributed by atoms with van der Waals surface area (Å²) in [6.07, 6.45) is 0. The third kappa shape index (κ3) is 4.89. The summed E-state index contributed by atoms with van der Waals surface area (Å²) in [6.45, 7) is 0. The minimum Gasteiger partial charge on any atom is -0.452 e. The van der Waals surface area contributed by atoms with Crippen molar-refractivity contribution >= 4 is 11.9 Å². The van der Waals surface area contributed by atoms with Crippen molar-refractivity contribution in [3.63, 3.8) is 0 Å². The van der Waals surface area contributed by atoms with Crippen molar-refractivity contribution in [2.24, 2.45) is 0 Å². The number of para-hydroxylation sites is 4. The van der Waals surface area contributed by atoms with Crippen LogP contribution < -0.4 is 18.9 Å².